The Bertz CT molecular complexity index is 1210. The van der Waals surface area contributed by atoms with Crippen molar-refractivity contribution in [3.63, 3.8) is 0 Å². The van der Waals surface area contributed by atoms with Crippen LogP contribution in [0.5, 0.6) is 11.5 Å². The number of ether oxygens (including phenoxy) is 2. The molecule has 0 aromatic heterocycles. The van der Waals surface area contributed by atoms with Crippen LogP contribution in [0.1, 0.15) is 56.1 Å². The fourth-order valence-electron chi connectivity index (χ4n) is 5.15. The summed E-state index contributed by atoms with van der Waals surface area (Å²) in [7, 11) is 0. The molecule has 37 heavy (non-hydrogen) atoms. The Kier molecular flexibility index (Phi) is 8.91. The van der Waals surface area contributed by atoms with Gasteiger partial charge in [-0.15, -0.1) is 0 Å². The van der Waals surface area contributed by atoms with Crippen molar-refractivity contribution in [3.05, 3.63) is 95.6 Å². The Balaban J connectivity index is 1.35. The largest absolute Gasteiger partial charge is 0.494 e. The van der Waals surface area contributed by atoms with Crippen LogP contribution in [0.25, 0.3) is 11.1 Å². The van der Waals surface area contributed by atoms with Crippen LogP contribution in [0.3, 0.4) is 0 Å². The van der Waals surface area contributed by atoms with E-state index in [0.717, 1.165) is 25.7 Å². The quantitative estimate of drug-likeness (QED) is 0.200. The normalized spacial score (nSPS) is 17.4. The van der Waals surface area contributed by atoms with E-state index in [1.54, 1.807) is 42.5 Å². The van der Waals surface area contributed by atoms with E-state index in [-0.39, 0.29) is 23.8 Å². The molecule has 0 N–H and O–H groups in total. The average Bonchev–Trinajstić information content (AvgIpc) is 2.92. The number of hydrogen-bond acceptors (Lipinski definition) is 2. The third kappa shape index (κ3) is 6.17. The van der Waals surface area contributed by atoms with E-state index < -0.39 is 23.3 Å². The fraction of sp³-hybridized carbons (Fsp3) is 0.355. The first-order valence-electron chi connectivity index (χ1n) is 12.8. The smallest absolute Gasteiger partial charge is 0.200 e. The SMILES string of the molecule is C=CCOc1ccc(CCC2CCC(c3ccc(-c4ccc(OCC)cc4)c(F)c3F)CC2)c(F)c1F. The highest BCUT2D eigenvalue weighted by Crippen LogP contribution is 2.40. The molecular weight excluding hydrogens is 480 g/mol. The fourth-order valence-corrected chi connectivity index (χ4v) is 5.15. The summed E-state index contributed by atoms with van der Waals surface area (Å²) in [6, 6.07) is 13.3. The van der Waals surface area contributed by atoms with Gasteiger partial charge in [0.1, 0.15) is 12.4 Å². The summed E-state index contributed by atoms with van der Waals surface area (Å²) in [5.41, 5.74) is 1.56. The molecule has 3 aromatic carbocycles. The molecule has 1 saturated carbocycles. The van der Waals surface area contributed by atoms with Gasteiger partial charge in [-0.1, -0.05) is 43.0 Å². The zero-order valence-corrected chi connectivity index (χ0v) is 21.0. The maximum absolute atomic E-state index is 15.1. The van der Waals surface area contributed by atoms with Crippen LogP contribution in [-0.2, 0) is 6.42 Å². The Labute approximate surface area is 215 Å². The van der Waals surface area contributed by atoms with Crippen molar-refractivity contribution in [2.45, 2.75) is 51.4 Å². The Morgan fingerprint density at radius 1 is 0.811 bits per heavy atom. The molecule has 0 radical (unpaired) electrons. The van der Waals surface area contributed by atoms with Crippen molar-refractivity contribution in [3.8, 4) is 22.6 Å². The highest BCUT2D eigenvalue weighted by Gasteiger charge is 2.27. The molecular formula is C31H32F4O2. The van der Waals surface area contributed by atoms with Crippen LogP contribution in [0.2, 0.25) is 0 Å². The van der Waals surface area contributed by atoms with Gasteiger partial charge in [-0.3, -0.25) is 0 Å². The summed E-state index contributed by atoms with van der Waals surface area (Å²) in [6.45, 7) is 6.03. The van der Waals surface area contributed by atoms with Gasteiger partial charge < -0.3 is 9.47 Å². The van der Waals surface area contributed by atoms with Gasteiger partial charge in [-0.25, -0.2) is 13.2 Å². The second-order valence-electron chi connectivity index (χ2n) is 9.49. The minimum atomic E-state index is -0.978. The van der Waals surface area contributed by atoms with E-state index in [2.05, 4.69) is 6.58 Å². The Morgan fingerprint density at radius 2 is 1.54 bits per heavy atom. The average molecular weight is 513 g/mol. The molecule has 0 saturated heterocycles. The van der Waals surface area contributed by atoms with Gasteiger partial charge in [0.05, 0.1) is 6.61 Å². The van der Waals surface area contributed by atoms with Crippen molar-refractivity contribution in [1.29, 1.82) is 0 Å². The highest BCUT2D eigenvalue weighted by atomic mass is 19.2. The van der Waals surface area contributed by atoms with E-state index in [4.69, 9.17) is 9.47 Å². The molecule has 0 amide bonds. The second kappa shape index (κ2) is 12.3. The maximum Gasteiger partial charge on any atom is 0.200 e. The number of benzene rings is 3. The number of rotatable bonds is 10. The van der Waals surface area contributed by atoms with Crippen LogP contribution in [0, 0.1) is 29.2 Å². The molecule has 0 heterocycles. The summed E-state index contributed by atoms with van der Waals surface area (Å²) in [4.78, 5) is 0. The molecule has 1 aliphatic rings. The van der Waals surface area contributed by atoms with Crippen molar-refractivity contribution in [1.82, 2.24) is 0 Å². The lowest BCUT2D eigenvalue weighted by atomic mass is 9.76. The van der Waals surface area contributed by atoms with Gasteiger partial charge in [0.15, 0.2) is 23.2 Å². The number of hydrogen-bond donors (Lipinski definition) is 0. The molecule has 196 valence electrons. The Hall–Kier alpha value is -3.28. The molecule has 1 aliphatic carbocycles. The van der Waals surface area contributed by atoms with Gasteiger partial charge >= 0.3 is 0 Å². The van der Waals surface area contributed by atoms with E-state index in [9.17, 15) is 8.78 Å². The molecule has 1 fully saturated rings. The van der Waals surface area contributed by atoms with E-state index >= 15 is 8.78 Å². The summed E-state index contributed by atoms with van der Waals surface area (Å²) in [5.74, 6) is -2.64. The standard InChI is InChI=1S/C31H32F4O2/c1-3-19-37-27-18-13-23(28(32)31(27)35)10-7-20-5-8-21(9-6-20)25-16-17-26(30(34)29(25)33)22-11-14-24(15-12-22)36-4-2/h3,11-18,20-21H,1,4-10,19H2,2H3. The predicted molar refractivity (Wildman–Crippen MR) is 138 cm³/mol. The monoisotopic (exact) mass is 512 g/mol. The molecule has 0 unspecified atom stereocenters. The molecule has 6 heteroatoms. The minimum Gasteiger partial charge on any atom is -0.494 e. The predicted octanol–water partition coefficient (Wildman–Crippen LogP) is 8.78. The summed E-state index contributed by atoms with van der Waals surface area (Å²) in [6.07, 6.45) is 5.72. The third-order valence-electron chi connectivity index (χ3n) is 7.18. The maximum atomic E-state index is 15.1. The van der Waals surface area contributed by atoms with Crippen molar-refractivity contribution >= 4 is 0 Å². The first-order valence-corrected chi connectivity index (χ1v) is 12.8. The van der Waals surface area contributed by atoms with Gasteiger partial charge in [0, 0.05) is 5.56 Å². The van der Waals surface area contributed by atoms with Gasteiger partial charge in [-0.2, -0.15) is 4.39 Å². The molecule has 0 atom stereocenters. The zero-order chi connectivity index (χ0) is 26.4. The second-order valence-corrected chi connectivity index (χ2v) is 9.49. The first kappa shape index (κ1) is 26.8. The number of aryl methyl sites for hydroxylation is 1. The summed E-state index contributed by atoms with van der Waals surface area (Å²) < 4.78 is 69.4. The van der Waals surface area contributed by atoms with Crippen molar-refractivity contribution < 1.29 is 27.0 Å². The van der Waals surface area contributed by atoms with Crippen LogP contribution in [-0.4, -0.2) is 13.2 Å². The molecule has 0 aliphatic heterocycles. The lowest BCUT2D eigenvalue weighted by Gasteiger charge is -2.29. The van der Waals surface area contributed by atoms with Gasteiger partial charge in [0.25, 0.3) is 0 Å². The molecule has 0 bridgehead atoms. The topological polar surface area (TPSA) is 18.5 Å². The van der Waals surface area contributed by atoms with Crippen LogP contribution in [0.4, 0.5) is 17.6 Å². The third-order valence-corrected chi connectivity index (χ3v) is 7.18. The lowest BCUT2D eigenvalue weighted by Crippen LogP contribution is -2.16. The van der Waals surface area contributed by atoms with E-state index in [1.807, 2.05) is 6.92 Å². The molecule has 0 spiro atoms. The van der Waals surface area contributed by atoms with Gasteiger partial charge in [-0.05, 0) is 92.2 Å². The van der Waals surface area contributed by atoms with Crippen LogP contribution >= 0.6 is 0 Å². The van der Waals surface area contributed by atoms with Crippen LogP contribution in [0.15, 0.2) is 61.2 Å². The van der Waals surface area contributed by atoms with Crippen molar-refractivity contribution in [2.75, 3.05) is 13.2 Å². The minimum absolute atomic E-state index is 0.0596. The summed E-state index contributed by atoms with van der Waals surface area (Å²) in [5, 5.41) is 0. The van der Waals surface area contributed by atoms with E-state index in [0.29, 0.717) is 47.8 Å². The first-order chi connectivity index (χ1) is 17.9. The molecule has 4 rings (SSSR count). The van der Waals surface area contributed by atoms with Gasteiger partial charge in [0.2, 0.25) is 5.82 Å². The van der Waals surface area contributed by atoms with Crippen LogP contribution < -0.4 is 9.47 Å². The zero-order valence-electron chi connectivity index (χ0n) is 21.0. The lowest BCUT2D eigenvalue weighted by molar-refractivity contribution is 0.302. The van der Waals surface area contributed by atoms with Crippen molar-refractivity contribution in [2.24, 2.45) is 5.92 Å². The Morgan fingerprint density at radius 3 is 2.22 bits per heavy atom. The highest BCUT2D eigenvalue weighted by molar-refractivity contribution is 5.65. The van der Waals surface area contributed by atoms with E-state index in [1.165, 1.54) is 12.1 Å². The molecule has 3 aromatic rings. The summed E-state index contributed by atoms with van der Waals surface area (Å²) >= 11 is 0. The molecule has 2 nitrogen and oxygen atoms in total. The number of halogens is 4.